The molecule has 0 radical (unpaired) electrons. The van der Waals surface area contributed by atoms with E-state index < -0.39 is 0 Å². The molecule has 0 aliphatic rings. The van der Waals surface area contributed by atoms with Crippen LogP contribution in [0.25, 0.3) is 17.2 Å². The lowest BCUT2D eigenvalue weighted by molar-refractivity contribution is -0.127. The summed E-state index contributed by atoms with van der Waals surface area (Å²) in [5.74, 6) is -0.418. The fourth-order valence-electron chi connectivity index (χ4n) is 2.75. The van der Waals surface area contributed by atoms with Gasteiger partial charge in [0.15, 0.2) is 0 Å². The number of nitrogens with one attached hydrogen (secondary N) is 3. The predicted molar refractivity (Wildman–Crippen MR) is 124 cm³/mol. The molecule has 0 saturated heterocycles. The number of hydrogen-bond acceptors (Lipinski definition) is 5. The van der Waals surface area contributed by atoms with Gasteiger partial charge in [-0.3, -0.25) is 9.59 Å². The van der Waals surface area contributed by atoms with Crippen molar-refractivity contribution in [3.63, 3.8) is 0 Å². The van der Waals surface area contributed by atoms with Crippen LogP contribution in [0.5, 0.6) is 0 Å². The standard InChI is InChI=1S/C24H31N3O4/c1-3-4-19-5-7-20(8-6-19)21-9-11-22(12-10-21)27-24(29)18-31-16-15-30-17-23(28)26-14-13-25-2/h3-12,25H,13-18H2,1-2H3,(H,26,28)(H,27,29). The van der Waals surface area contributed by atoms with Crippen molar-refractivity contribution in [2.45, 2.75) is 6.92 Å². The summed E-state index contributed by atoms with van der Waals surface area (Å²) in [6.07, 6.45) is 4.06. The zero-order valence-corrected chi connectivity index (χ0v) is 18.1. The van der Waals surface area contributed by atoms with Crippen LogP contribution in [-0.2, 0) is 19.1 Å². The Labute approximate surface area is 183 Å². The number of amides is 2. The van der Waals surface area contributed by atoms with Gasteiger partial charge in [0, 0.05) is 18.8 Å². The van der Waals surface area contributed by atoms with Crippen LogP contribution < -0.4 is 16.0 Å². The van der Waals surface area contributed by atoms with E-state index in [1.54, 1.807) is 0 Å². The minimum atomic E-state index is -0.242. The number of hydrogen-bond donors (Lipinski definition) is 3. The first-order valence-corrected chi connectivity index (χ1v) is 10.3. The van der Waals surface area contributed by atoms with Crippen LogP contribution >= 0.6 is 0 Å². The Morgan fingerprint density at radius 3 is 2.00 bits per heavy atom. The third-order valence-corrected chi connectivity index (χ3v) is 4.31. The molecule has 2 amide bonds. The second-order valence-corrected chi connectivity index (χ2v) is 6.81. The van der Waals surface area contributed by atoms with Gasteiger partial charge in [-0.15, -0.1) is 0 Å². The number of carbonyl (C=O) groups excluding carboxylic acids is 2. The summed E-state index contributed by atoms with van der Waals surface area (Å²) >= 11 is 0. The molecule has 7 nitrogen and oxygen atoms in total. The molecule has 31 heavy (non-hydrogen) atoms. The molecule has 0 aliphatic carbocycles. The van der Waals surface area contributed by atoms with Gasteiger partial charge in [0.2, 0.25) is 11.8 Å². The highest BCUT2D eigenvalue weighted by Crippen LogP contribution is 2.22. The number of rotatable bonds is 13. The molecule has 0 atom stereocenters. The van der Waals surface area contributed by atoms with Crippen LogP contribution in [0.2, 0.25) is 0 Å². The van der Waals surface area contributed by atoms with E-state index in [1.807, 2.05) is 44.3 Å². The van der Waals surface area contributed by atoms with Crippen molar-refractivity contribution in [3.8, 4) is 11.1 Å². The van der Waals surface area contributed by atoms with Crippen LogP contribution in [0.1, 0.15) is 12.5 Å². The van der Waals surface area contributed by atoms with Crippen molar-refractivity contribution < 1.29 is 19.1 Å². The molecule has 7 heteroatoms. The van der Waals surface area contributed by atoms with Crippen molar-refractivity contribution in [1.29, 1.82) is 0 Å². The lowest BCUT2D eigenvalue weighted by atomic mass is 10.0. The van der Waals surface area contributed by atoms with Crippen LogP contribution in [0, 0.1) is 0 Å². The summed E-state index contributed by atoms with van der Waals surface area (Å²) in [4.78, 5) is 23.4. The van der Waals surface area contributed by atoms with E-state index in [2.05, 4.69) is 46.3 Å². The molecule has 2 aromatic rings. The summed E-state index contributed by atoms with van der Waals surface area (Å²) in [6, 6.07) is 16.0. The highest BCUT2D eigenvalue weighted by atomic mass is 16.5. The highest BCUT2D eigenvalue weighted by molar-refractivity contribution is 5.92. The molecule has 166 valence electrons. The van der Waals surface area contributed by atoms with Crippen molar-refractivity contribution in [2.24, 2.45) is 0 Å². The van der Waals surface area contributed by atoms with Crippen molar-refractivity contribution in [2.75, 3.05) is 51.9 Å². The zero-order chi connectivity index (χ0) is 22.3. The Balaban J connectivity index is 1.64. The third-order valence-electron chi connectivity index (χ3n) is 4.31. The maximum Gasteiger partial charge on any atom is 0.250 e. The predicted octanol–water partition coefficient (Wildman–Crippen LogP) is 2.69. The van der Waals surface area contributed by atoms with Crippen molar-refractivity contribution >= 4 is 23.6 Å². The van der Waals surface area contributed by atoms with Gasteiger partial charge in [0.25, 0.3) is 0 Å². The molecular formula is C24H31N3O4. The van der Waals surface area contributed by atoms with Crippen molar-refractivity contribution in [3.05, 3.63) is 60.2 Å². The number of likely N-dealkylation sites (N-methyl/N-ethyl adjacent to an activating group) is 1. The summed E-state index contributed by atoms with van der Waals surface area (Å²) in [7, 11) is 1.82. The molecule has 0 aliphatic heterocycles. The second-order valence-electron chi connectivity index (χ2n) is 6.81. The van der Waals surface area contributed by atoms with Crippen LogP contribution in [0.15, 0.2) is 54.6 Å². The quantitative estimate of drug-likeness (QED) is 0.430. The minimum absolute atomic E-state index is 0.0242. The monoisotopic (exact) mass is 425 g/mol. The van der Waals surface area contributed by atoms with E-state index in [9.17, 15) is 9.59 Å². The molecule has 0 unspecified atom stereocenters. The lowest BCUT2D eigenvalue weighted by Crippen LogP contribution is -2.33. The molecule has 2 aromatic carbocycles. The van der Waals surface area contributed by atoms with Gasteiger partial charge in [-0.1, -0.05) is 48.6 Å². The molecule has 0 aromatic heterocycles. The van der Waals surface area contributed by atoms with Gasteiger partial charge in [0.05, 0.1) is 13.2 Å². The maximum atomic E-state index is 12.0. The summed E-state index contributed by atoms with van der Waals surface area (Å²) in [5.41, 5.74) is 4.06. The van der Waals surface area contributed by atoms with Gasteiger partial charge in [-0.05, 0) is 42.8 Å². The third kappa shape index (κ3) is 9.57. The van der Waals surface area contributed by atoms with Crippen LogP contribution in [0.4, 0.5) is 5.69 Å². The summed E-state index contributed by atoms with van der Waals surface area (Å²) in [5, 5.41) is 8.44. The Morgan fingerprint density at radius 2 is 1.42 bits per heavy atom. The molecule has 2 rings (SSSR count). The van der Waals surface area contributed by atoms with E-state index in [0.717, 1.165) is 16.7 Å². The first-order valence-electron chi connectivity index (χ1n) is 10.3. The molecule has 0 fully saturated rings. The first-order chi connectivity index (χ1) is 15.1. The Morgan fingerprint density at radius 1 is 0.839 bits per heavy atom. The number of ether oxygens (including phenoxy) is 2. The van der Waals surface area contributed by atoms with E-state index in [-0.39, 0.29) is 38.2 Å². The van der Waals surface area contributed by atoms with Crippen LogP contribution in [-0.4, -0.2) is 58.4 Å². The van der Waals surface area contributed by atoms with E-state index in [4.69, 9.17) is 9.47 Å². The molecule has 3 N–H and O–H groups in total. The second kappa shape index (κ2) is 14.1. The fourth-order valence-corrected chi connectivity index (χ4v) is 2.75. The maximum absolute atomic E-state index is 12.0. The largest absolute Gasteiger partial charge is 0.369 e. The van der Waals surface area contributed by atoms with Crippen LogP contribution in [0.3, 0.4) is 0 Å². The molecule has 0 heterocycles. The molecule has 0 bridgehead atoms. The summed E-state index contributed by atoms with van der Waals surface area (Å²) < 4.78 is 10.5. The summed E-state index contributed by atoms with van der Waals surface area (Å²) in [6.45, 7) is 3.63. The number of carbonyl (C=O) groups is 2. The van der Waals surface area contributed by atoms with Crippen molar-refractivity contribution in [1.82, 2.24) is 10.6 Å². The SMILES string of the molecule is CC=Cc1ccc(-c2ccc(NC(=O)COCCOCC(=O)NCCNC)cc2)cc1. The molecular weight excluding hydrogens is 394 g/mol. The van der Waals surface area contributed by atoms with E-state index in [1.165, 1.54) is 0 Å². The van der Waals surface area contributed by atoms with Gasteiger partial charge < -0.3 is 25.4 Å². The Hall–Kier alpha value is -3.00. The smallest absolute Gasteiger partial charge is 0.250 e. The topological polar surface area (TPSA) is 88.7 Å². The highest BCUT2D eigenvalue weighted by Gasteiger charge is 2.05. The van der Waals surface area contributed by atoms with Gasteiger partial charge in [-0.25, -0.2) is 0 Å². The lowest BCUT2D eigenvalue weighted by Gasteiger charge is -2.08. The zero-order valence-electron chi connectivity index (χ0n) is 18.1. The minimum Gasteiger partial charge on any atom is -0.369 e. The van der Waals surface area contributed by atoms with E-state index in [0.29, 0.717) is 18.8 Å². The van der Waals surface area contributed by atoms with Gasteiger partial charge in [-0.2, -0.15) is 0 Å². The first kappa shape index (κ1) is 24.3. The fraction of sp³-hybridized carbons (Fsp3) is 0.333. The average Bonchev–Trinajstić information content (AvgIpc) is 2.78. The molecule has 0 saturated carbocycles. The number of allylic oxidation sites excluding steroid dienone is 1. The van der Waals surface area contributed by atoms with E-state index >= 15 is 0 Å². The number of anilines is 1. The average molecular weight is 426 g/mol. The van der Waals surface area contributed by atoms with Gasteiger partial charge in [0.1, 0.15) is 13.2 Å². The Bertz CT molecular complexity index is 833. The number of benzene rings is 2. The molecule has 0 spiro atoms. The Kier molecular flexibility index (Phi) is 11.0. The van der Waals surface area contributed by atoms with Gasteiger partial charge >= 0.3 is 0 Å². The normalized spacial score (nSPS) is 10.9.